The smallest absolute Gasteiger partial charge is 0.00501 e. The highest BCUT2D eigenvalue weighted by molar-refractivity contribution is 4.89. The summed E-state index contributed by atoms with van der Waals surface area (Å²) in [5.74, 6) is 0. The second-order valence-corrected chi connectivity index (χ2v) is 4.54. The van der Waals surface area contributed by atoms with Crippen LogP contribution in [0.4, 0.5) is 0 Å². The van der Waals surface area contributed by atoms with Crippen molar-refractivity contribution in [2.45, 2.75) is 32.1 Å². The highest BCUT2D eigenvalue weighted by atomic mass is 15.2. The lowest BCUT2D eigenvalue weighted by atomic mass is 9.85. The van der Waals surface area contributed by atoms with Crippen LogP contribution in [-0.2, 0) is 0 Å². The van der Waals surface area contributed by atoms with Crippen molar-refractivity contribution in [3.05, 3.63) is 0 Å². The van der Waals surface area contributed by atoms with Crippen molar-refractivity contribution in [3.63, 3.8) is 0 Å². The van der Waals surface area contributed by atoms with Gasteiger partial charge < -0.3 is 10.6 Å². The molecule has 12 heavy (non-hydrogen) atoms. The largest absolute Gasteiger partial charge is 0.330 e. The Labute approximate surface area is 75.1 Å². The lowest BCUT2D eigenvalue weighted by molar-refractivity contribution is 0.103. The Morgan fingerprint density at radius 3 is 2.17 bits per heavy atom. The average Bonchev–Trinajstić information content (AvgIpc) is 2.46. The van der Waals surface area contributed by atoms with Crippen molar-refractivity contribution in [2.75, 3.05) is 26.2 Å². The molecule has 1 saturated heterocycles. The van der Waals surface area contributed by atoms with Gasteiger partial charge in [0, 0.05) is 6.54 Å². The average molecular weight is 168 g/mol. The monoisotopic (exact) mass is 168 g/mol. The zero-order chi connectivity index (χ0) is 8.44. The van der Waals surface area contributed by atoms with E-state index in [1.165, 1.54) is 51.7 Å². The first-order chi connectivity index (χ1) is 5.85. The third kappa shape index (κ3) is 1.50. The van der Waals surface area contributed by atoms with Crippen molar-refractivity contribution in [3.8, 4) is 0 Å². The van der Waals surface area contributed by atoms with Crippen LogP contribution in [0.2, 0.25) is 0 Å². The molecule has 0 aromatic rings. The van der Waals surface area contributed by atoms with Crippen LogP contribution < -0.4 is 5.73 Å². The van der Waals surface area contributed by atoms with Gasteiger partial charge >= 0.3 is 0 Å². The summed E-state index contributed by atoms with van der Waals surface area (Å²) in [6.07, 6.45) is 6.97. The molecule has 1 aliphatic carbocycles. The van der Waals surface area contributed by atoms with Crippen LogP contribution in [0.15, 0.2) is 0 Å². The number of likely N-dealkylation sites (tertiary alicyclic amines) is 1. The second kappa shape index (κ2) is 3.35. The van der Waals surface area contributed by atoms with Crippen molar-refractivity contribution in [1.82, 2.24) is 4.90 Å². The van der Waals surface area contributed by atoms with E-state index in [2.05, 4.69) is 4.90 Å². The molecule has 1 saturated carbocycles. The van der Waals surface area contributed by atoms with E-state index in [1.54, 1.807) is 0 Å². The Morgan fingerprint density at radius 1 is 1.08 bits per heavy atom. The minimum atomic E-state index is 0.514. The van der Waals surface area contributed by atoms with Gasteiger partial charge in [0.1, 0.15) is 0 Å². The van der Waals surface area contributed by atoms with Crippen LogP contribution in [0.25, 0.3) is 0 Å². The van der Waals surface area contributed by atoms with Gasteiger partial charge in [-0.05, 0) is 44.3 Å². The fraction of sp³-hybridized carbons (Fsp3) is 1.00. The van der Waals surface area contributed by atoms with Crippen molar-refractivity contribution in [2.24, 2.45) is 11.1 Å². The second-order valence-electron chi connectivity index (χ2n) is 4.54. The van der Waals surface area contributed by atoms with Crippen LogP contribution in [-0.4, -0.2) is 31.1 Å². The molecule has 0 aromatic carbocycles. The van der Waals surface area contributed by atoms with Gasteiger partial charge in [0.15, 0.2) is 0 Å². The summed E-state index contributed by atoms with van der Waals surface area (Å²) >= 11 is 0. The minimum Gasteiger partial charge on any atom is -0.330 e. The molecule has 0 unspecified atom stereocenters. The molecule has 2 aliphatic rings. The maximum atomic E-state index is 5.87. The standard InChI is InChI=1S/C10H20N2/c11-8-10(4-1-2-5-10)9-12-6-3-7-12/h1-9,11H2. The maximum Gasteiger partial charge on any atom is 0.00501 e. The topological polar surface area (TPSA) is 29.3 Å². The normalized spacial score (nSPS) is 28.8. The molecule has 0 radical (unpaired) electrons. The quantitative estimate of drug-likeness (QED) is 0.686. The fourth-order valence-electron chi connectivity index (χ4n) is 2.57. The van der Waals surface area contributed by atoms with E-state index in [1.807, 2.05) is 0 Å². The molecule has 1 heterocycles. The number of hydrogen-bond acceptors (Lipinski definition) is 2. The first kappa shape index (κ1) is 8.52. The number of nitrogens with zero attached hydrogens (tertiary/aromatic N) is 1. The van der Waals surface area contributed by atoms with Gasteiger partial charge in [-0.15, -0.1) is 0 Å². The Hall–Kier alpha value is -0.0800. The summed E-state index contributed by atoms with van der Waals surface area (Å²) < 4.78 is 0. The van der Waals surface area contributed by atoms with Gasteiger partial charge in [-0.3, -0.25) is 0 Å². The number of nitrogens with two attached hydrogens (primary N) is 1. The molecule has 0 spiro atoms. The summed E-state index contributed by atoms with van der Waals surface area (Å²) in [7, 11) is 0. The van der Waals surface area contributed by atoms with E-state index in [4.69, 9.17) is 5.73 Å². The lowest BCUT2D eigenvalue weighted by Crippen LogP contribution is -2.46. The summed E-state index contributed by atoms with van der Waals surface area (Å²) in [4.78, 5) is 2.57. The van der Waals surface area contributed by atoms with E-state index in [9.17, 15) is 0 Å². The highest BCUT2D eigenvalue weighted by Crippen LogP contribution is 2.38. The Bertz CT molecular complexity index is 146. The van der Waals surface area contributed by atoms with E-state index in [-0.39, 0.29) is 0 Å². The first-order valence-electron chi connectivity index (χ1n) is 5.27. The van der Waals surface area contributed by atoms with Gasteiger partial charge in [0.05, 0.1) is 0 Å². The van der Waals surface area contributed by atoms with Crippen LogP contribution >= 0.6 is 0 Å². The predicted molar refractivity (Wildman–Crippen MR) is 51.0 cm³/mol. The molecule has 0 atom stereocenters. The lowest BCUT2D eigenvalue weighted by Gasteiger charge is -2.39. The maximum absolute atomic E-state index is 5.87. The number of hydrogen-bond donors (Lipinski definition) is 1. The van der Waals surface area contributed by atoms with Crippen LogP contribution in [0.3, 0.4) is 0 Å². The first-order valence-corrected chi connectivity index (χ1v) is 5.27. The summed E-state index contributed by atoms with van der Waals surface area (Å²) in [6, 6.07) is 0. The number of rotatable bonds is 3. The van der Waals surface area contributed by atoms with Gasteiger partial charge in [0.2, 0.25) is 0 Å². The Balaban J connectivity index is 1.87. The zero-order valence-corrected chi connectivity index (χ0v) is 7.89. The minimum absolute atomic E-state index is 0.514. The molecule has 1 aliphatic heterocycles. The van der Waals surface area contributed by atoms with Crippen LogP contribution in [0.1, 0.15) is 32.1 Å². The van der Waals surface area contributed by atoms with E-state index < -0.39 is 0 Å². The van der Waals surface area contributed by atoms with Gasteiger partial charge in [0.25, 0.3) is 0 Å². The molecule has 0 bridgehead atoms. The van der Waals surface area contributed by atoms with Gasteiger partial charge in [-0.25, -0.2) is 0 Å². The van der Waals surface area contributed by atoms with E-state index >= 15 is 0 Å². The molecule has 70 valence electrons. The van der Waals surface area contributed by atoms with Crippen molar-refractivity contribution in [1.29, 1.82) is 0 Å². The Morgan fingerprint density at radius 2 is 1.75 bits per heavy atom. The Kier molecular flexibility index (Phi) is 2.37. The molecule has 2 rings (SSSR count). The predicted octanol–water partition coefficient (Wildman–Crippen LogP) is 1.21. The van der Waals surface area contributed by atoms with E-state index in [0.717, 1.165) is 6.54 Å². The van der Waals surface area contributed by atoms with Crippen molar-refractivity contribution < 1.29 is 0 Å². The molecule has 0 aromatic heterocycles. The molecule has 2 fully saturated rings. The zero-order valence-electron chi connectivity index (χ0n) is 7.89. The van der Waals surface area contributed by atoms with Gasteiger partial charge in [-0.1, -0.05) is 12.8 Å². The fourth-order valence-corrected chi connectivity index (χ4v) is 2.57. The molecule has 2 nitrogen and oxygen atoms in total. The third-order valence-corrected chi connectivity index (χ3v) is 3.60. The summed E-state index contributed by atoms with van der Waals surface area (Å²) in [5.41, 5.74) is 6.38. The summed E-state index contributed by atoms with van der Waals surface area (Å²) in [6.45, 7) is 4.83. The van der Waals surface area contributed by atoms with Gasteiger partial charge in [-0.2, -0.15) is 0 Å². The molecular weight excluding hydrogens is 148 g/mol. The SMILES string of the molecule is NCC1(CN2CCC2)CCCC1. The third-order valence-electron chi connectivity index (χ3n) is 3.60. The molecule has 2 heteroatoms. The van der Waals surface area contributed by atoms with Crippen molar-refractivity contribution >= 4 is 0 Å². The molecule has 0 amide bonds. The molecule has 2 N–H and O–H groups in total. The summed E-state index contributed by atoms with van der Waals surface area (Å²) in [5, 5.41) is 0. The van der Waals surface area contributed by atoms with Crippen LogP contribution in [0.5, 0.6) is 0 Å². The highest BCUT2D eigenvalue weighted by Gasteiger charge is 2.35. The molecular formula is C10H20N2. The van der Waals surface area contributed by atoms with E-state index in [0.29, 0.717) is 5.41 Å². The van der Waals surface area contributed by atoms with Crippen LogP contribution in [0, 0.1) is 5.41 Å².